The number of nitrogens with zero attached hydrogens (tertiary/aromatic N) is 4. The summed E-state index contributed by atoms with van der Waals surface area (Å²) in [5.41, 5.74) is 2.16. The van der Waals surface area contributed by atoms with Gasteiger partial charge in [-0.2, -0.15) is 9.97 Å². The van der Waals surface area contributed by atoms with Gasteiger partial charge in [0.15, 0.2) is 17.0 Å². The Hall–Kier alpha value is -1.57. The SMILES string of the molecule is COc1cc(Nc2nc(Cl)nc3c2ncn3CC2CC2)cc(Br)c1Cl. The molecule has 0 unspecified atom stereocenters. The van der Waals surface area contributed by atoms with Crippen molar-refractivity contribution in [2.24, 2.45) is 5.92 Å². The summed E-state index contributed by atoms with van der Waals surface area (Å²) in [4.78, 5) is 13.1. The predicted octanol–water partition coefficient (Wildman–Crippen LogP) is 5.06. The van der Waals surface area contributed by atoms with Crippen LogP contribution in [0.5, 0.6) is 5.75 Å². The Kier molecular flexibility index (Phi) is 4.47. The van der Waals surface area contributed by atoms with Crippen LogP contribution in [0.3, 0.4) is 0 Å². The Labute approximate surface area is 162 Å². The summed E-state index contributed by atoms with van der Waals surface area (Å²) < 4.78 is 8.04. The largest absolute Gasteiger partial charge is 0.495 e. The number of hydrogen-bond acceptors (Lipinski definition) is 5. The Morgan fingerprint density at radius 2 is 2.12 bits per heavy atom. The maximum atomic E-state index is 6.18. The van der Waals surface area contributed by atoms with Crippen molar-refractivity contribution < 1.29 is 4.74 Å². The Morgan fingerprint density at radius 3 is 2.84 bits per heavy atom. The molecule has 0 spiro atoms. The molecule has 1 fully saturated rings. The molecule has 1 aliphatic carbocycles. The smallest absolute Gasteiger partial charge is 0.226 e. The number of fused-ring (bicyclic) bond motifs is 1. The van der Waals surface area contributed by atoms with Crippen molar-refractivity contribution >= 4 is 61.8 Å². The summed E-state index contributed by atoms with van der Waals surface area (Å²) in [6, 6.07) is 3.63. The second-order valence-corrected chi connectivity index (χ2v) is 7.52. The van der Waals surface area contributed by atoms with E-state index in [1.165, 1.54) is 12.8 Å². The zero-order valence-electron chi connectivity index (χ0n) is 13.3. The molecule has 1 aromatic carbocycles. The fourth-order valence-corrected chi connectivity index (χ4v) is 3.43. The van der Waals surface area contributed by atoms with Crippen molar-refractivity contribution in [3.63, 3.8) is 0 Å². The first-order valence-corrected chi connectivity index (χ1v) is 9.28. The lowest BCUT2D eigenvalue weighted by Crippen LogP contribution is -2.02. The van der Waals surface area contributed by atoms with E-state index in [0.717, 1.165) is 17.9 Å². The molecule has 0 saturated heterocycles. The number of methoxy groups -OCH3 is 1. The van der Waals surface area contributed by atoms with Gasteiger partial charge in [0.1, 0.15) is 5.75 Å². The molecule has 25 heavy (non-hydrogen) atoms. The molecule has 0 atom stereocenters. The molecule has 4 rings (SSSR count). The van der Waals surface area contributed by atoms with Gasteiger partial charge in [-0.15, -0.1) is 0 Å². The summed E-state index contributed by atoms with van der Waals surface area (Å²) in [5, 5.41) is 3.91. The van der Waals surface area contributed by atoms with Crippen LogP contribution in [0.4, 0.5) is 11.5 Å². The second-order valence-electron chi connectivity index (χ2n) is 5.95. The second kappa shape index (κ2) is 6.63. The van der Waals surface area contributed by atoms with Gasteiger partial charge in [-0.3, -0.25) is 0 Å². The molecule has 0 bridgehead atoms. The van der Waals surface area contributed by atoms with E-state index in [4.69, 9.17) is 27.9 Å². The van der Waals surface area contributed by atoms with Crippen LogP contribution in [0.25, 0.3) is 11.2 Å². The zero-order chi connectivity index (χ0) is 17.6. The van der Waals surface area contributed by atoms with Crippen LogP contribution in [-0.4, -0.2) is 26.6 Å². The fourth-order valence-electron chi connectivity index (χ4n) is 2.64. The van der Waals surface area contributed by atoms with E-state index in [1.54, 1.807) is 19.5 Å². The van der Waals surface area contributed by atoms with Crippen molar-refractivity contribution in [3.05, 3.63) is 33.2 Å². The van der Waals surface area contributed by atoms with Gasteiger partial charge in [0.2, 0.25) is 5.28 Å². The third-order valence-corrected chi connectivity index (χ3v) is 5.48. The quantitative estimate of drug-likeness (QED) is 0.559. The first-order chi connectivity index (χ1) is 12.0. The number of hydrogen-bond donors (Lipinski definition) is 1. The molecular formula is C16H14BrCl2N5O. The number of anilines is 2. The molecule has 2 heterocycles. The van der Waals surface area contributed by atoms with Crippen molar-refractivity contribution in [1.82, 2.24) is 19.5 Å². The molecule has 0 amide bonds. The van der Waals surface area contributed by atoms with Crippen LogP contribution in [0.2, 0.25) is 10.3 Å². The minimum atomic E-state index is 0.174. The molecule has 1 aliphatic rings. The maximum Gasteiger partial charge on any atom is 0.226 e. The highest BCUT2D eigenvalue weighted by Crippen LogP contribution is 2.37. The van der Waals surface area contributed by atoms with Crippen LogP contribution >= 0.6 is 39.1 Å². The third kappa shape index (κ3) is 3.41. The lowest BCUT2D eigenvalue weighted by Gasteiger charge is -2.11. The molecule has 1 saturated carbocycles. The van der Waals surface area contributed by atoms with E-state index in [-0.39, 0.29) is 5.28 Å². The average molecular weight is 443 g/mol. The van der Waals surface area contributed by atoms with Crippen LogP contribution in [0.15, 0.2) is 22.9 Å². The Morgan fingerprint density at radius 1 is 1.32 bits per heavy atom. The number of halogens is 3. The number of ether oxygens (including phenoxy) is 1. The van der Waals surface area contributed by atoms with Gasteiger partial charge in [-0.05, 0) is 52.4 Å². The van der Waals surface area contributed by atoms with Crippen LogP contribution < -0.4 is 10.1 Å². The maximum absolute atomic E-state index is 6.18. The molecule has 2 aromatic heterocycles. The lowest BCUT2D eigenvalue weighted by atomic mass is 10.3. The summed E-state index contributed by atoms with van der Waals surface area (Å²) in [7, 11) is 1.57. The summed E-state index contributed by atoms with van der Waals surface area (Å²) in [5.74, 6) is 1.80. The van der Waals surface area contributed by atoms with Gasteiger partial charge in [0, 0.05) is 22.8 Å². The van der Waals surface area contributed by atoms with Crippen LogP contribution in [0, 0.1) is 5.92 Å². The number of rotatable bonds is 5. The normalized spacial score (nSPS) is 14.1. The number of nitrogens with one attached hydrogen (secondary N) is 1. The standard InChI is InChI=1S/C16H14BrCl2N5O/c1-25-11-5-9(4-10(17)12(11)18)21-14-13-15(23-16(19)22-14)24(7-20-13)6-8-2-3-8/h4-5,7-8H,2-3,6H2,1H3,(H,21,22,23). The summed E-state index contributed by atoms with van der Waals surface area (Å²) in [6.07, 6.45) is 4.29. The number of aromatic nitrogens is 4. The van der Waals surface area contributed by atoms with Gasteiger partial charge >= 0.3 is 0 Å². The highest BCUT2D eigenvalue weighted by Gasteiger charge is 2.23. The molecular weight excluding hydrogens is 429 g/mol. The fraction of sp³-hybridized carbons (Fsp3) is 0.312. The van der Waals surface area contributed by atoms with E-state index < -0.39 is 0 Å². The van der Waals surface area contributed by atoms with Gasteiger partial charge in [-0.1, -0.05) is 11.6 Å². The molecule has 0 aliphatic heterocycles. The molecule has 0 radical (unpaired) electrons. The number of benzene rings is 1. The monoisotopic (exact) mass is 441 g/mol. The van der Waals surface area contributed by atoms with Gasteiger partial charge in [0.25, 0.3) is 0 Å². The van der Waals surface area contributed by atoms with Gasteiger partial charge < -0.3 is 14.6 Å². The molecule has 9 heteroatoms. The van der Waals surface area contributed by atoms with Gasteiger partial charge in [0.05, 0.1) is 18.5 Å². The predicted molar refractivity (Wildman–Crippen MR) is 102 cm³/mol. The lowest BCUT2D eigenvalue weighted by molar-refractivity contribution is 0.415. The van der Waals surface area contributed by atoms with E-state index in [1.807, 2.05) is 10.6 Å². The van der Waals surface area contributed by atoms with E-state index in [9.17, 15) is 0 Å². The highest BCUT2D eigenvalue weighted by molar-refractivity contribution is 9.10. The highest BCUT2D eigenvalue weighted by atomic mass is 79.9. The minimum Gasteiger partial charge on any atom is -0.495 e. The molecule has 130 valence electrons. The van der Waals surface area contributed by atoms with E-state index >= 15 is 0 Å². The Bertz CT molecular complexity index is 957. The third-order valence-electron chi connectivity index (χ3n) is 4.07. The van der Waals surface area contributed by atoms with Crippen molar-refractivity contribution in [2.45, 2.75) is 19.4 Å². The van der Waals surface area contributed by atoms with Crippen molar-refractivity contribution in [2.75, 3.05) is 12.4 Å². The van der Waals surface area contributed by atoms with E-state index in [0.29, 0.717) is 32.5 Å². The molecule has 3 aromatic rings. The molecule has 6 nitrogen and oxygen atoms in total. The van der Waals surface area contributed by atoms with Crippen LogP contribution in [-0.2, 0) is 6.54 Å². The van der Waals surface area contributed by atoms with Crippen molar-refractivity contribution in [3.8, 4) is 5.75 Å². The minimum absolute atomic E-state index is 0.174. The summed E-state index contributed by atoms with van der Waals surface area (Å²) >= 11 is 15.7. The van der Waals surface area contributed by atoms with Crippen LogP contribution in [0.1, 0.15) is 12.8 Å². The zero-order valence-corrected chi connectivity index (χ0v) is 16.4. The first-order valence-electron chi connectivity index (χ1n) is 7.73. The van der Waals surface area contributed by atoms with Crippen molar-refractivity contribution in [1.29, 1.82) is 0 Å². The number of imidazole rings is 1. The van der Waals surface area contributed by atoms with E-state index in [2.05, 4.69) is 36.2 Å². The first kappa shape index (κ1) is 16.9. The summed E-state index contributed by atoms with van der Waals surface area (Å²) in [6.45, 7) is 0.906. The topological polar surface area (TPSA) is 64.9 Å². The van der Waals surface area contributed by atoms with Gasteiger partial charge in [-0.25, -0.2) is 4.98 Å². The average Bonchev–Trinajstić information content (AvgIpc) is 3.31. The molecule has 1 N–H and O–H groups in total. The Balaban J connectivity index is 1.74.